The third-order valence-electron chi connectivity index (χ3n) is 2.39. The lowest BCUT2D eigenvalue weighted by Crippen LogP contribution is -2.11. The van der Waals surface area contributed by atoms with Gasteiger partial charge in [-0.1, -0.05) is 17.7 Å². The molecule has 1 aromatic carbocycles. The Hall–Kier alpha value is -1.72. The number of hydrogen-bond donors (Lipinski definition) is 2. The van der Waals surface area contributed by atoms with Gasteiger partial charge >= 0.3 is 6.09 Å². The highest BCUT2D eigenvalue weighted by molar-refractivity contribution is 7.16. The molecular weight excluding hydrogens is 284 g/mol. The van der Waals surface area contributed by atoms with E-state index in [1.165, 1.54) is 18.4 Å². The van der Waals surface area contributed by atoms with Crippen LogP contribution in [0.5, 0.6) is 0 Å². The zero-order valence-corrected chi connectivity index (χ0v) is 11.8. The zero-order valence-electron chi connectivity index (χ0n) is 10.3. The Kier molecular flexibility index (Phi) is 4.65. The van der Waals surface area contributed by atoms with E-state index in [9.17, 15) is 4.79 Å². The summed E-state index contributed by atoms with van der Waals surface area (Å²) in [5.74, 6) is 0. The van der Waals surface area contributed by atoms with Crippen LogP contribution in [0.2, 0.25) is 4.34 Å². The topological polar surface area (TPSA) is 50.4 Å². The molecule has 0 unspecified atom stereocenters. The van der Waals surface area contributed by atoms with Gasteiger partial charge in [-0.2, -0.15) is 0 Å². The maximum absolute atomic E-state index is 11.1. The molecule has 4 nitrogen and oxygen atoms in total. The van der Waals surface area contributed by atoms with Crippen molar-refractivity contribution in [2.45, 2.75) is 6.54 Å². The Morgan fingerprint density at radius 1 is 1.32 bits per heavy atom. The van der Waals surface area contributed by atoms with Gasteiger partial charge in [0, 0.05) is 22.8 Å². The number of hydrogen-bond acceptors (Lipinski definition) is 4. The second kappa shape index (κ2) is 6.45. The molecule has 100 valence electrons. The Labute approximate surface area is 120 Å². The van der Waals surface area contributed by atoms with E-state index in [-0.39, 0.29) is 0 Å². The summed E-state index contributed by atoms with van der Waals surface area (Å²) in [5.41, 5.74) is 1.60. The van der Waals surface area contributed by atoms with Crippen molar-refractivity contribution in [2.24, 2.45) is 0 Å². The molecule has 2 rings (SSSR count). The molecular formula is C13H13ClN2O2S. The van der Waals surface area contributed by atoms with Crippen molar-refractivity contribution in [2.75, 3.05) is 17.7 Å². The molecule has 0 aliphatic heterocycles. The molecule has 1 amide bonds. The minimum atomic E-state index is -0.484. The number of thiophene rings is 1. The summed E-state index contributed by atoms with van der Waals surface area (Å²) in [7, 11) is 1.33. The monoisotopic (exact) mass is 296 g/mol. The van der Waals surface area contributed by atoms with Gasteiger partial charge in [-0.25, -0.2) is 4.79 Å². The first-order chi connectivity index (χ1) is 9.17. The lowest BCUT2D eigenvalue weighted by Gasteiger charge is -2.08. The van der Waals surface area contributed by atoms with Gasteiger partial charge in [0.1, 0.15) is 0 Å². The van der Waals surface area contributed by atoms with Gasteiger partial charge in [0.05, 0.1) is 11.4 Å². The fourth-order valence-electron chi connectivity index (χ4n) is 1.51. The van der Waals surface area contributed by atoms with Gasteiger partial charge < -0.3 is 10.1 Å². The lowest BCUT2D eigenvalue weighted by atomic mass is 10.2. The predicted molar refractivity (Wildman–Crippen MR) is 79.1 cm³/mol. The van der Waals surface area contributed by atoms with E-state index >= 15 is 0 Å². The summed E-state index contributed by atoms with van der Waals surface area (Å²) in [6.45, 7) is 0.694. The summed E-state index contributed by atoms with van der Waals surface area (Å²) in [4.78, 5) is 12.3. The first-order valence-electron chi connectivity index (χ1n) is 5.60. The summed E-state index contributed by atoms with van der Waals surface area (Å²) in [6, 6.07) is 11.3. The first-order valence-corrected chi connectivity index (χ1v) is 6.80. The van der Waals surface area contributed by atoms with Crippen LogP contribution in [0.3, 0.4) is 0 Å². The molecule has 6 heteroatoms. The lowest BCUT2D eigenvalue weighted by molar-refractivity contribution is 0.187. The van der Waals surface area contributed by atoms with Gasteiger partial charge in [0.25, 0.3) is 0 Å². The van der Waals surface area contributed by atoms with Crippen LogP contribution in [-0.2, 0) is 11.3 Å². The van der Waals surface area contributed by atoms with Gasteiger partial charge in [-0.05, 0) is 30.3 Å². The van der Waals surface area contributed by atoms with E-state index in [1.54, 1.807) is 6.07 Å². The molecule has 0 spiro atoms. The average molecular weight is 297 g/mol. The molecule has 19 heavy (non-hydrogen) atoms. The number of carbonyl (C=O) groups is 1. The number of rotatable bonds is 4. The Morgan fingerprint density at radius 3 is 2.79 bits per heavy atom. The van der Waals surface area contributed by atoms with Crippen molar-refractivity contribution in [3.05, 3.63) is 45.6 Å². The molecule has 0 aliphatic carbocycles. The van der Waals surface area contributed by atoms with Gasteiger partial charge in [0.2, 0.25) is 0 Å². The first kappa shape index (κ1) is 13.7. The second-order valence-corrected chi connectivity index (χ2v) is 5.56. The van der Waals surface area contributed by atoms with Crippen LogP contribution in [0, 0.1) is 0 Å². The predicted octanol–water partition coefficient (Wildman–Crippen LogP) is 4.19. The fourth-order valence-corrected chi connectivity index (χ4v) is 2.54. The van der Waals surface area contributed by atoms with E-state index in [2.05, 4.69) is 15.4 Å². The molecule has 0 saturated heterocycles. The van der Waals surface area contributed by atoms with Crippen LogP contribution >= 0.6 is 22.9 Å². The molecule has 0 bridgehead atoms. The Balaban J connectivity index is 1.97. The molecule has 0 atom stereocenters. The molecule has 2 aromatic rings. The maximum Gasteiger partial charge on any atom is 0.411 e. The van der Waals surface area contributed by atoms with Crippen LogP contribution in [0.4, 0.5) is 16.2 Å². The third kappa shape index (κ3) is 4.15. The van der Waals surface area contributed by atoms with Crippen LogP contribution < -0.4 is 10.6 Å². The van der Waals surface area contributed by atoms with E-state index in [1.807, 2.05) is 30.3 Å². The van der Waals surface area contributed by atoms with E-state index in [0.717, 1.165) is 14.9 Å². The van der Waals surface area contributed by atoms with Crippen molar-refractivity contribution < 1.29 is 9.53 Å². The summed E-state index contributed by atoms with van der Waals surface area (Å²) in [5, 5.41) is 5.88. The number of benzene rings is 1. The number of amides is 1. The van der Waals surface area contributed by atoms with E-state index < -0.39 is 6.09 Å². The molecule has 0 radical (unpaired) electrons. The molecule has 0 saturated carbocycles. The summed E-state index contributed by atoms with van der Waals surface area (Å²) < 4.78 is 5.32. The minimum absolute atomic E-state index is 0.484. The Bertz CT molecular complexity index is 571. The number of ether oxygens (including phenoxy) is 1. The maximum atomic E-state index is 11.1. The van der Waals surface area contributed by atoms with E-state index in [4.69, 9.17) is 11.6 Å². The van der Waals surface area contributed by atoms with Crippen molar-refractivity contribution >= 4 is 40.4 Å². The fraction of sp³-hybridized carbons (Fsp3) is 0.154. The summed E-state index contributed by atoms with van der Waals surface area (Å²) in [6.07, 6.45) is -0.484. The standard InChI is InChI=1S/C13H13ClN2O2S/c1-18-13(17)16-10-4-2-3-9(7-10)15-8-11-5-6-12(14)19-11/h2-7,15H,8H2,1H3,(H,16,17). The smallest absolute Gasteiger partial charge is 0.411 e. The summed E-state index contributed by atoms with van der Waals surface area (Å²) >= 11 is 7.41. The van der Waals surface area contributed by atoms with Crippen LogP contribution in [0.15, 0.2) is 36.4 Å². The normalized spacial score (nSPS) is 10.0. The number of anilines is 2. The van der Waals surface area contributed by atoms with Gasteiger partial charge in [0.15, 0.2) is 0 Å². The van der Waals surface area contributed by atoms with Crippen molar-refractivity contribution in [3.63, 3.8) is 0 Å². The number of methoxy groups -OCH3 is 1. The molecule has 2 N–H and O–H groups in total. The molecule has 0 aliphatic rings. The SMILES string of the molecule is COC(=O)Nc1cccc(NCc2ccc(Cl)s2)c1. The third-order valence-corrected chi connectivity index (χ3v) is 3.62. The second-order valence-electron chi connectivity index (χ2n) is 3.76. The van der Waals surface area contributed by atoms with Crippen LogP contribution in [0.25, 0.3) is 0 Å². The molecule has 0 fully saturated rings. The number of carbonyl (C=O) groups excluding carboxylic acids is 1. The van der Waals surface area contributed by atoms with Crippen molar-refractivity contribution in [1.82, 2.24) is 0 Å². The number of halogens is 1. The van der Waals surface area contributed by atoms with E-state index in [0.29, 0.717) is 12.2 Å². The van der Waals surface area contributed by atoms with Crippen molar-refractivity contribution in [1.29, 1.82) is 0 Å². The zero-order chi connectivity index (χ0) is 13.7. The van der Waals surface area contributed by atoms with Crippen molar-refractivity contribution in [3.8, 4) is 0 Å². The minimum Gasteiger partial charge on any atom is -0.453 e. The Morgan fingerprint density at radius 2 is 2.11 bits per heavy atom. The highest BCUT2D eigenvalue weighted by atomic mass is 35.5. The highest BCUT2D eigenvalue weighted by Gasteiger charge is 2.02. The highest BCUT2D eigenvalue weighted by Crippen LogP contribution is 2.23. The van der Waals surface area contributed by atoms with Crippen LogP contribution in [-0.4, -0.2) is 13.2 Å². The number of nitrogens with one attached hydrogen (secondary N) is 2. The largest absolute Gasteiger partial charge is 0.453 e. The van der Waals surface area contributed by atoms with Gasteiger partial charge in [-0.15, -0.1) is 11.3 Å². The van der Waals surface area contributed by atoms with Crippen LogP contribution in [0.1, 0.15) is 4.88 Å². The van der Waals surface area contributed by atoms with Gasteiger partial charge in [-0.3, -0.25) is 5.32 Å². The molecule has 1 aromatic heterocycles. The average Bonchev–Trinajstić information content (AvgIpc) is 2.82. The quantitative estimate of drug-likeness (QED) is 0.889. The molecule has 1 heterocycles.